The normalized spacial score (nSPS) is 13.8. The summed E-state index contributed by atoms with van der Waals surface area (Å²) in [6.45, 7) is 4.26. The number of carbonyl (C=O) groups excluding carboxylic acids is 1. The van der Waals surface area contributed by atoms with Crippen molar-refractivity contribution in [3.8, 4) is 0 Å². The lowest BCUT2D eigenvalue weighted by atomic mass is 10.0. The van der Waals surface area contributed by atoms with Crippen molar-refractivity contribution in [3.63, 3.8) is 0 Å². The van der Waals surface area contributed by atoms with Crippen molar-refractivity contribution in [1.82, 2.24) is 5.32 Å². The average Bonchev–Trinajstić information content (AvgIpc) is 3.22. The van der Waals surface area contributed by atoms with Crippen molar-refractivity contribution >= 4 is 13.7 Å². The van der Waals surface area contributed by atoms with Crippen LogP contribution in [-0.4, -0.2) is 47.8 Å². The lowest BCUT2D eigenvalue weighted by Gasteiger charge is -2.25. The van der Waals surface area contributed by atoms with Gasteiger partial charge < -0.3 is 21.1 Å². The van der Waals surface area contributed by atoms with Gasteiger partial charge in [0.15, 0.2) is 0 Å². The molecule has 0 fully saturated rings. The van der Waals surface area contributed by atoms with Crippen LogP contribution < -0.4 is 11.1 Å². The standard InChI is InChI=1S/C50H103N2O6P/c1-3-5-7-9-11-13-15-17-19-21-23-24-25-26-28-30-32-34-36-38-40-42-44-50(54)52-48(47-58-59(55,56)57-46-45-51)49(53)43-41-39-37-35-33-31-29-27-22-20-18-16-14-12-10-8-6-4-2/h48-49,53H,3-47,51H2,1-2H3,(H,52,54)(H,55,56). The van der Waals surface area contributed by atoms with Crippen LogP contribution in [0.5, 0.6) is 0 Å². The van der Waals surface area contributed by atoms with E-state index in [0.29, 0.717) is 12.8 Å². The predicted octanol–water partition coefficient (Wildman–Crippen LogP) is 15.3. The zero-order chi connectivity index (χ0) is 43.2. The molecule has 0 aromatic rings. The summed E-state index contributed by atoms with van der Waals surface area (Å²) in [7, 11) is -4.31. The number of amides is 1. The maximum atomic E-state index is 12.8. The van der Waals surface area contributed by atoms with E-state index in [4.69, 9.17) is 14.8 Å². The van der Waals surface area contributed by atoms with E-state index < -0.39 is 20.0 Å². The zero-order valence-corrected chi connectivity index (χ0v) is 40.4. The number of nitrogens with two attached hydrogens (primary N) is 1. The van der Waals surface area contributed by atoms with Crippen molar-refractivity contribution in [2.45, 2.75) is 296 Å². The van der Waals surface area contributed by atoms with Gasteiger partial charge >= 0.3 is 7.82 Å². The maximum Gasteiger partial charge on any atom is 0.472 e. The Kier molecular flexibility index (Phi) is 46.6. The zero-order valence-electron chi connectivity index (χ0n) is 39.5. The topological polar surface area (TPSA) is 131 Å². The molecule has 1 amide bonds. The van der Waals surface area contributed by atoms with Crippen molar-refractivity contribution < 1.29 is 28.4 Å². The van der Waals surface area contributed by atoms with Gasteiger partial charge in [0.2, 0.25) is 5.91 Å². The molecule has 0 saturated heterocycles. The first-order chi connectivity index (χ1) is 28.9. The molecule has 3 atom stereocenters. The summed E-state index contributed by atoms with van der Waals surface area (Å²) in [6, 6.07) is -0.769. The number of rotatable bonds is 50. The molecule has 0 aliphatic rings. The van der Waals surface area contributed by atoms with Crippen molar-refractivity contribution in [3.05, 3.63) is 0 Å². The van der Waals surface area contributed by atoms with Gasteiger partial charge in [-0.2, -0.15) is 0 Å². The highest BCUT2D eigenvalue weighted by Gasteiger charge is 2.27. The number of phosphoric ester groups is 1. The smallest absolute Gasteiger partial charge is 0.391 e. The molecule has 0 bridgehead atoms. The van der Waals surface area contributed by atoms with Gasteiger partial charge in [-0.25, -0.2) is 4.57 Å². The summed E-state index contributed by atoms with van der Waals surface area (Å²) >= 11 is 0. The summed E-state index contributed by atoms with van der Waals surface area (Å²) in [4.78, 5) is 22.9. The lowest BCUT2D eigenvalue weighted by molar-refractivity contribution is -0.123. The van der Waals surface area contributed by atoms with Gasteiger partial charge in [0.05, 0.1) is 25.4 Å². The number of aliphatic hydroxyl groups excluding tert-OH is 1. The third kappa shape index (κ3) is 45.3. The molecule has 354 valence electrons. The Bertz CT molecular complexity index is 895. The molecule has 5 N–H and O–H groups in total. The SMILES string of the molecule is CCCCCCCCCCCCCCCCCCCCCCCCC(=O)NC(COP(=O)(O)OCCN)C(O)CCCCCCCCCCCCCCCCCCCC. The minimum Gasteiger partial charge on any atom is -0.391 e. The first-order valence-electron chi connectivity index (χ1n) is 26.2. The minimum atomic E-state index is -4.31. The monoisotopic (exact) mass is 859 g/mol. The molecule has 8 nitrogen and oxygen atoms in total. The first-order valence-corrected chi connectivity index (χ1v) is 27.6. The highest BCUT2D eigenvalue weighted by molar-refractivity contribution is 7.47. The summed E-state index contributed by atoms with van der Waals surface area (Å²) in [5, 5.41) is 13.9. The molecular formula is C50H103N2O6P. The average molecular weight is 859 g/mol. The third-order valence-corrected chi connectivity index (χ3v) is 13.2. The molecule has 0 radical (unpaired) electrons. The quantitative estimate of drug-likeness (QED) is 0.0354. The highest BCUT2D eigenvalue weighted by Crippen LogP contribution is 2.43. The Morgan fingerprint density at radius 2 is 0.780 bits per heavy atom. The van der Waals surface area contributed by atoms with E-state index in [9.17, 15) is 19.4 Å². The minimum absolute atomic E-state index is 0.0929. The van der Waals surface area contributed by atoms with E-state index in [1.807, 2.05) is 0 Å². The fraction of sp³-hybridized carbons (Fsp3) is 0.980. The number of aliphatic hydroxyl groups is 1. The molecule has 59 heavy (non-hydrogen) atoms. The van der Waals surface area contributed by atoms with E-state index in [0.717, 1.165) is 38.5 Å². The number of hydrogen-bond acceptors (Lipinski definition) is 6. The number of hydrogen-bond donors (Lipinski definition) is 4. The van der Waals surface area contributed by atoms with Crippen LogP contribution in [0.25, 0.3) is 0 Å². The highest BCUT2D eigenvalue weighted by atomic mass is 31.2. The number of unbranched alkanes of at least 4 members (excludes halogenated alkanes) is 38. The molecule has 0 aromatic heterocycles. The second-order valence-corrected chi connectivity index (χ2v) is 19.6. The van der Waals surface area contributed by atoms with E-state index in [2.05, 4.69) is 19.2 Å². The molecule has 0 heterocycles. The Morgan fingerprint density at radius 1 is 0.492 bits per heavy atom. The van der Waals surface area contributed by atoms with Gasteiger partial charge in [0.25, 0.3) is 0 Å². The molecule has 0 aliphatic carbocycles. The van der Waals surface area contributed by atoms with Gasteiger partial charge in [-0.05, 0) is 12.8 Å². The van der Waals surface area contributed by atoms with Crippen molar-refractivity contribution in [2.24, 2.45) is 5.73 Å². The second kappa shape index (κ2) is 47.0. The molecule has 9 heteroatoms. The van der Waals surface area contributed by atoms with Crippen LogP contribution in [0, 0.1) is 0 Å². The Balaban J connectivity index is 3.98. The Hall–Kier alpha value is -0.500. The van der Waals surface area contributed by atoms with Gasteiger partial charge in [0, 0.05) is 13.0 Å². The Labute approximate surface area is 367 Å². The van der Waals surface area contributed by atoms with Crippen LogP contribution in [-0.2, 0) is 18.4 Å². The molecule has 0 aliphatic heterocycles. The van der Waals surface area contributed by atoms with E-state index in [1.54, 1.807) is 0 Å². The van der Waals surface area contributed by atoms with Crippen LogP contribution in [0.3, 0.4) is 0 Å². The first kappa shape index (κ1) is 58.5. The van der Waals surface area contributed by atoms with E-state index >= 15 is 0 Å². The second-order valence-electron chi connectivity index (χ2n) is 18.1. The van der Waals surface area contributed by atoms with Crippen LogP contribution >= 0.6 is 7.82 Å². The molecule has 0 rings (SSSR count). The van der Waals surface area contributed by atoms with Crippen molar-refractivity contribution in [1.29, 1.82) is 0 Å². The van der Waals surface area contributed by atoms with Crippen LogP contribution in [0.2, 0.25) is 0 Å². The van der Waals surface area contributed by atoms with E-state index in [-0.39, 0.29) is 25.7 Å². The number of carbonyl (C=O) groups is 1. The molecule has 0 saturated carbocycles. The summed E-state index contributed by atoms with van der Waals surface area (Å²) in [5.74, 6) is -0.153. The van der Waals surface area contributed by atoms with Crippen LogP contribution in [0.15, 0.2) is 0 Å². The Morgan fingerprint density at radius 3 is 1.08 bits per heavy atom. The summed E-state index contributed by atoms with van der Waals surface area (Å²) in [6.07, 6.45) is 52.7. The molecule has 0 spiro atoms. The molecule has 0 aromatic carbocycles. The fourth-order valence-corrected chi connectivity index (χ4v) is 9.02. The van der Waals surface area contributed by atoms with Crippen LogP contribution in [0.4, 0.5) is 0 Å². The summed E-state index contributed by atoms with van der Waals surface area (Å²) in [5.41, 5.74) is 5.40. The summed E-state index contributed by atoms with van der Waals surface area (Å²) < 4.78 is 22.3. The number of phosphoric acid groups is 1. The third-order valence-electron chi connectivity index (χ3n) is 12.2. The molecular weight excluding hydrogens is 756 g/mol. The lowest BCUT2D eigenvalue weighted by Crippen LogP contribution is -2.46. The fourth-order valence-electron chi connectivity index (χ4n) is 8.26. The van der Waals surface area contributed by atoms with Crippen LogP contribution in [0.1, 0.15) is 284 Å². The maximum absolute atomic E-state index is 12.8. The number of nitrogens with one attached hydrogen (secondary N) is 1. The van der Waals surface area contributed by atoms with Gasteiger partial charge in [-0.3, -0.25) is 13.8 Å². The van der Waals surface area contributed by atoms with Crippen molar-refractivity contribution in [2.75, 3.05) is 19.8 Å². The largest absolute Gasteiger partial charge is 0.472 e. The van der Waals surface area contributed by atoms with Gasteiger partial charge in [0.1, 0.15) is 0 Å². The predicted molar refractivity (Wildman–Crippen MR) is 254 cm³/mol. The molecule has 3 unspecified atom stereocenters. The van der Waals surface area contributed by atoms with Gasteiger partial charge in [-0.15, -0.1) is 0 Å². The van der Waals surface area contributed by atoms with E-state index in [1.165, 1.54) is 218 Å². The van der Waals surface area contributed by atoms with Gasteiger partial charge in [-0.1, -0.05) is 264 Å².